The van der Waals surface area contributed by atoms with Gasteiger partial charge in [0.1, 0.15) is 0 Å². The quantitative estimate of drug-likeness (QED) is 0.610. The van der Waals surface area contributed by atoms with Crippen LogP contribution in [0, 0.1) is 0 Å². The summed E-state index contributed by atoms with van der Waals surface area (Å²) in [5.41, 5.74) is 0.727. The van der Waals surface area contributed by atoms with Crippen LogP contribution in [0.15, 0.2) is 39.7 Å². The number of nitrogens with zero attached hydrogens (tertiary/aromatic N) is 3. The van der Waals surface area contributed by atoms with E-state index in [2.05, 4.69) is 9.98 Å². The number of ether oxygens (including phenoxy) is 2. The second-order valence-corrected chi connectivity index (χ2v) is 8.01. The molecule has 0 bridgehead atoms. The number of carbonyl (C=O) groups excluding carboxylic acids is 1. The van der Waals surface area contributed by atoms with Crippen LogP contribution in [0.25, 0.3) is 6.08 Å². The molecule has 10 heteroatoms. The van der Waals surface area contributed by atoms with Gasteiger partial charge in [-0.3, -0.25) is 9.69 Å². The van der Waals surface area contributed by atoms with Crippen molar-refractivity contribution in [2.24, 2.45) is 4.99 Å². The summed E-state index contributed by atoms with van der Waals surface area (Å²) in [6.07, 6.45) is 2.78. The number of carboxylic acids is 1. The van der Waals surface area contributed by atoms with Crippen LogP contribution < -0.4 is 9.47 Å². The predicted octanol–water partition coefficient (Wildman–Crippen LogP) is 4.02. The minimum atomic E-state index is -1.04. The number of carbonyl (C=O) groups is 2. The second-order valence-electron chi connectivity index (χ2n) is 6.13. The Balaban J connectivity index is 1.87. The normalized spacial score (nSPS) is 17.6. The first-order chi connectivity index (χ1) is 14.5. The summed E-state index contributed by atoms with van der Waals surface area (Å²) in [6, 6.07) is 5.10. The van der Waals surface area contributed by atoms with Crippen LogP contribution in [-0.4, -0.2) is 51.8 Å². The molecule has 8 nitrogen and oxygen atoms in total. The molecule has 2 heterocycles. The van der Waals surface area contributed by atoms with Gasteiger partial charge in [0, 0.05) is 18.1 Å². The highest BCUT2D eigenvalue weighted by molar-refractivity contribution is 8.18. The Kier molecular flexibility index (Phi) is 7.11. The van der Waals surface area contributed by atoms with Gasteiger partial charge in [-0.25, -0.2) is 9.78 Å². The van der Waals surface area contributed by atoms with Crippen LogP contribution >= 0.6 is 23.1 Å². The van der Waals surface area contributed by atoms with Gasteiger partial charge in [-0.1, -0.05) is 13.0 Å². The number of aromatic nitrogens is 1. The maximum absolute atomic E-state index is 12.8. The van der Waals surface area contributed by atoms with E-state index >= 15 is 0 Å². The monoisotopic (exact) mass is 447 g/mol. The molecule has 2 aromatic rings. The molecule has 1 aromatic heterocycles. The number of carboxylic acid groups (broad SMARTS) is 1. The Morgan fingerprint density at radius 3 is 2.77 bits per heavy atom. The molecule has 158 valence electrons. The minimum Gasteiger partial charge on any atom is -0.493 e. The number of hydrogen-bond donors (Lipinski definition) is 1. The molecule has 0 aliphatic carbocycles. The summed E-state index contributed by atoms with van der Waals surface area (Å²) < 4.78 is 10.9. The van der Waals surface area contributed by atoms with Gasteiger partial charge in [0.15, 0.2) is 22.8 Å². The molecule has 3 rings (SSSR count). The minimum absolute atomic E-state index is 0.131. The number of hydrogen-bond acceptors (Lipinski definition) is 8. The molecular weight excluding hydrogens is 426 g/mol. The molecule has 1 saturated heterocycles. The van der Waals surface area contributed by atoms with Gasteiger partial charge in [0.2, 0.25) is 5.13 Å². The van der Waals surface area contributed by atoms with Gasteiger partial charge in [-0.15, -0.1) is 11.3 Å². The van der Waals surface area contributed by atoms with Gasteiger partial charge in [-0.2, -0.15) is 4.99 Å². The van der Waals surface area contributed by atoms with Gasteiger partial charge < -0.3 is 14.6 Å². The molecule has 1 N–H and O–H groups in total. The van der Waals surface area contributed by atoms with E-state index in [0.29, 0.717) is 39.7 Å². The Hall–Kier alpha value is -2.85. The van der Waals surface area contributed by atoms with Crippen molar-refractivity contribution in [3.05, 3.63) is 40.2 Å². The topological polar surface area (TPSA) is 101 Å². The number of likely N-dealkylation sites (N-methyl/N-ethyl adjacent to an activating group) is 1. The first-order valence-electron chi connectivity index (χ1n) is 9.23. The van der Waals surface area contributed by atoms with Crippen molar-refractivity contribution in [3.63, 3.8) is 0 Å². The van der Waals surface area contributed by atoms with Crippen molar-refractivity contribution in [3.8, 4) is 11.5 Å². The van der Waals surface area contributed by atoms with E-state index < -0.39 is 12.1 Å². The number of rotatable bonds is 8. The third-order valence-corrected chi connectivity index (χ3v) is 5.89. The Bertz CT molecular complexity index is 988. The molecule has 0 radical (unpaired) electrons. The van der Waals surface area contributed by atoms with E-state index in [0.717, 1.165) is 5.56 Å². The number of thiazole rings is 1. The van der Waals surface area contributed by atoms with Crippen LogP contribution in [-0.2, 0) is 9.59 Å². The fourth-order valence-electron chi connectivity index (χ4n) is 2.71. The van der Waals surface area contributed by atoms with Crippen molar-refractivity contribution < 1.29 is 24.2 Å². The van der Waals surface area contributed by atoms with Crippen molar-refractivity contribution in [2.75, 3.05) is 13.7 Å². The Labute approximate surface area is 182 Å². The number of amidine groups is 1. The molecule has 1 aliphatic heterocycles. The lowest BCUT2D eigenvalue weighted by Crippen LogP contribution is -2.28. The molecule has 1 aromatic carbocycles. The first kappa shape index (κ1) is 21.8. The van der Waals surface area contributed by atoms with Crippen molar-refractivity contribution in [1.82, 2.24) is 9.88 Å². The molecule has 1 aliphatic rings. The van der Waals surface area contributed by atoms with E-state index in [1.165, 1.54) is 30.2 Å². The number of aliphatic imine (C=N–C) groups is 1. The Morgan fingerprint density at radius 1 is 1.37 bits per heavy atom. The van der Waals surface area contributed by atoms with Gasteiger partial charge in [-0.05, 0) is 48.9 Å². The molecule has 0 saturated carbocycles. The highest BCUT2D eigenvalue weighted by Gasteiger charge is 2.32. The van der Waals surface area contributed by atoms with Crippen LogP contribution in [0.1, 0.15) is 25.8 Å². The zero-order chi connectivity index (χ0) is 21.7. The summed E-state index contributed by atoms with van der Waals surface area (Å²) in [4.78, 5) is 34.8. The molecule has 1 unspecified atom stereocenters. The van der Waals surface area contributed by atoms with Gasteiger partial charge >= 0.3 is 5.97 Å². The van der Waals surface area contributed by atoms with Gasteiger partial charge in [0.05, 0.1) is 12.0 Å². The van der Waals surface area contributed by atoms with Crippen LogP contribution in [0.4, 0.5) is 5.13 Å². The highest BCUT2D eigenvalue weighted by atomic mass is 32.2. The zero-order valence-corrected chi connectivity index (χ0v) is 18.3. The number of methoxy groups -OCH3 is 1. The molecule has 0 spiro atoms. The van der Waals surface area contributed by atoms with E-state index in [4.69, 9.17) is 9.47 Å². The molecule has 1 amide bonds. The van der Waals surface area contributed by atoms with Crippen LogP contribution in [0.3, 0.4) is 0 Å². The van der Waals surface area contributed by atoms with E-state index in [1.807, 2.05) is 12.3 Å². The molecular formula is C20H21N3O5S2. The SMILES string of the molecule is CCC(Oc1ccc(/C=C2/S/C(=N/c3nccs3)N(CC)C2=O)cc1OC)C(=O)O. The standard InChI is InChI=1S/C20H21N3O5S2/c1-4-13(18(25)26)28-14-7-6-12(10-15(14)27-3)11-16-17(24)23(5-2)20(30-16)22-19-21-8-9-29-19/h6-11,13H,4-5H2,1-3H3,(H,25,26)/b16-11+,22-20+. The first-order valence-corrected chi connectivity index (χ1v) is 10.9. The zero-order valence-electron chi connectivity index (χ0n) is 16.7. The van der Waals surface area contributed by atoms with Crippen molar-refractivity contribution in [1.29, 1.82) is 0 Å². The van der Waals surface area contributed by atoms with Crippen LogP contribution in [0.5, 0.6) is 11.5 Å². The fraction of sp³-hybridized carbons (Fsp3) is 0.300. The third-order valence-electron chi connectivity index (χ3n) is 4.22. The lowest BCUT2D eigenvalue weighted by Gasteiger charge is -2.16. The van der Waals surface area contributed by atoms with Gasteiger partial charge in [0.25, 0.3) is 5.91 Å². The predicted molar refractivity (Wildman–Crippen MR) is 118 cm³/mol. The Morgan fingerprint density at radius 2 is 2.17 bits per heavy atom. The smallest absolute Gasteiger partial charge is 0.344 e. The average Bonchev–Trinajstić information content (AvgIpc) is 3.34. The summed E-state index contributed by atoms with van der Waals surface area (Å²) >= 11 is 2.69. The number of amides is 1. The van der Waals surface area contributed by atoms with E-state index in [-0.39, 0.29) is 5.91 Å². The lowest BCUT2D eigenvalue weighted by molar-refractivity contribution is -0.145. The number of thioether (sulfide) groups is 1. The summed E-state index contributed by atoms with van der Waals surface area (Å²) in [5.74, 6) is -0.441. The lowest BCUT2D eigenvalue weighted by atomic mass is 10.1. The number of aliphatic carboxylic acids is 1. The van der Waals surface area contributed by atoms with Crippen molar-refractivity contribution in [2.45, 2.75) is 26.4 Å². The second kappa shape index (κ2) is 9.77. The summed E-state index contributed by atoms with van der Waals surface area (Å²) in [5, 5.41) is 12.2. The van der Waals surface area contributed by atoms with E-state index in [1.54, 1.807) is 42.3 Å². The highest BCUT2D eigenvalue weighted by Crippen LogP contribution is 2.36. The molecule has 30 heavy (non-hydrogen) atoms. The number of benzene rings is 1. The maximum Gasteiger partial charge on any atom is 0.344 e. The molecule has 1 fully saturated rings. The van der Waals surface area contributed by atoms with Crippen molar-refractivity contribution >= 4 is 51.4 Å². The third kappa shape index (κ3) is 4.82. The average molecular weight is 448 g/mol. The summed E-state index contributed by atoms with van der Waals surface area (Å²) in [7, 11) is 1.48. The van der Waals surface area contributed by atoms with E-state index in [9.17, 15) is 14.7 Å². The van der Waals surface area contributed by atoms with Crippen LogP contribution in [0.2, 0.25) is 0 Å². The summed E-state index contributed by atoms with van der Waals surface area (Å²) in [6.45, 7) is 4.12. The maximum atomic E-state index is 12.8. The largest absolute Gasteiger partial charge is 0.493 e. The fourth-order valence-corrected chi connectivity index (χ4v) is 4.31. The molecule has 1 atom stereocenters.